The number of carbonyl (C=O) groups is 2. The number of carboxylic acids is 1. The van der Waals surface area contributed by atoms with Gasteiger partial charge in [0.15, 0.2) is 11.6 Å². The fraction of sp³-hybridized carbons (Fsp3) is 0.300. The van der Waals surface area contributed by atoms with Crippen molar-refractivity contribution in [3.8, 4) is 0 Å². The van der Waals surface area contributed by atoms with Crippen molar-refractivity contribution in [2.75, 3.05) is 25.0 Å². The van der Waals surface area contributed by atoms with Gasteiger partial charge in [0, 0.05) is 10.1 Å². The van der Waals surface area contributed by atoms with Crippen molar-refractivity contribution in [2.45, 2.75) is 18.6 Å². The van der Waals surface area contributed by atoms with Gasteiger partial charge in [-0.05, 0) is 59.8 Å². The Bertz CT molecular complexity index is 1030. The Morgan fingerprint density at radius 3 is 2.42 bits per heavy atom. The van der Waals surface area contributed by atoms with Crippen LogP contribution in [0.15, 0.2) is 30.3 Å². The van der Waals surface area contributed by atoms with Crippen molar-refractivity contribution < 1.29 is 33.0 Å². The van der Waals surface area contributed by atoms with E-state index in [2.05, 4.69) is 10.6 Å². The van der Waals surface area contributed by atoms with Gasteiger partial charge < -0.3 is 25.7 Å². The number of β-amino-alcohol motifs (C(OH)–C–C–N with tert-alkyl or cyclic N) is 1. The van der Waals surface area contributed by atoms with E-state index < -0.39 is 46.5 Å². The van der Waals surface area contributed by atoms with Gasteiger partial charge in [0.2, 0.25) is 0 Å². The predicted molar refractivity (Wildman–Crippen MR) is 115 cm³/mol. The highest BCUT2D eigenvalue weighted by Gasteiger charge is 2.45. The van der Waals surface area contributed by atoms with Gasteiger partial charge in [-0.25, -0.2) is 13.2 Å². The molecule has 1 heterocycles. The van der Waals surface area contributed by atoms with Gasteiger partial charge in [-0.15, -0.1) is 0 Å². The number of carbonyl (C=O) groups excluding carboxylic acids is 1. The summed E-state index contributed by atoms with van der Waals surface area (Å²) in [5, 5.41) is 24.5. The van der Waals surface area contributed by atoms with E-state index in [0.717, 1.165) is 17.0 Å². The Morgan fingerprint density at radius 1 is 1.16 bits per heavy atom. The van der Waals surface area contributed by atoms with Gasteiger partial charge in [0.05, 0.1) is 24.5 Å². The maximum atomic E-state index is 14.5. The molecule has 0 aliphatic carbocycles. The smallest absolute Gasteiger partial charge is 0.320 e. The third kappa shape index (κ3) is 5.10. The molecule has 2 aromatic rings. The van der Waals surface area contributed by atoms with Crippen LogP contribution in [0.5, 0.6) is 0 Å². The van der Waals surface area contributed by atoms with Crippen LogP contribution in [0.1, 0.15) is 17.3 Å². The Kier molecular flexibility index (Phi) is 6.76. The van der Waals surface area contributed by atoms with E-state index >= 15 is 0 Å². The van der Waals surface area contributed by atoms with E-state index in [1.807, 2.05) is 22.6 Å². The summed E-state index contributed by atoms with van der Waals surface area (Å²) in [6.07, 6.45) is 0. The first kappa shape index (κ1) is 23.3. The summed E-state index contributed by atoms with van der Waals surface area (Å²) in [5.74, 6) is -5.26. The van der Waals surface area contributed by atoms with Gasteiger partial charge in [-0.1, -0.05) is 0 Å². The zero-order valence-corrected chi connectivity index (χ0v) is 18.4. The number of halogens is 4. The lowest BCUT2D eigenvalue weighted by Crippen LogP contribution is -2.68. The first-order valence-corrected chi connectivity index (χ1v) is 10.3. The minimum Gasteiger partial charge on any atom is -0.480 e. The van der Waals surface area contributed by atoms with Crippen LogP contribution in [0.3, 0.4) is 0 Å². The van der Waals surface area contributed by atoms with Gasteiger partial charge in [0.1, 0.15) is 23.0 Å². The van der Waals surface area contributed by atoms with Gasteiger partial charge >= 0.3 is 5.97 Å². The van der Waals surface area contributed by atoms with Crippen LogP contribution in [0.4, 0.5) is 24.5 Å². The molecule has 0 radical (unpaired) electrons. The number of aliphatic hydroxyl groups is 1. The molecule has 0 spiro atoms. The number of nitrogens with zero attached hydrogens (tertiary/aromatic N) is 1. The normalized spacial score (nSPS) is 15.9. The molecule has 1 saturated heterocycles. The second kappa shape index (κ2) is 9.01. The lowest BCUT2D eigenvalue weighted by molar-refractivity contribution is -0.139. The molecule has 1 aliphatic rings. The molecule has 0 aromatic heterocycles. The summed E-state index contributed by atoms with van der Waals surface area (Å²) in [7, 11) is 0. The van der Waals surface area contributed by atoms with E-state index in [9.17, 15) is 27.9 Å². The molecule has 31 heavy (non-hydrogen) atoms. The molecule has 3 rings (SSSR count). The molecule has 7 nitrogen and oxygen atoms in total. The number of hydrogen-bond donors (Lipinski definition) is 4. The average molecular weight is 549 g/mol. The van der Waals surface area contributed by atoms with E-state index in [0.29, 0.717) is 3.57 Å². The summed E-state index contributed by atoms with van der Waals surface area (Å²) in [6.45, 7) is 0.878. The van der Waals surface area contributed by atoms with Crippen molar-refractivity contribution in [2.24, 2.45) is 0 Å². The van der Waals surface area contributed by atoms with Gasteiger partial charge in [-0.3, -0.25) is 9.59 Å². The maximum absolute atomic E-state index is 14.5. The summed E-state index contributed by atoms with van der Waals surface area (Å²) >= 11 is 1.92. The Labute approximate surface area is 189 Å². The highest BCUT2D eigenvalue weighted by atomic mass is 127. The quantitative estimate of drug-likeness (QED) is 0.397. The highest BCUT2D eigenvalue weighted by Crippen LogP contribution is 2.31. The number of rotatable bonds is 7. The Hall–Kier alpha value is -2.38. The molecule has 0 unspecified atom stereocenters. The molecule has 2 aromatic carbocycles. The minimum atomic E-state index is -1.40. The molecule has 166 valence electrons. The third-order valence-corrected chi connectivity index (χ3v) is 5.55. The van der Waals surface area contributed by atoms with Crippen LogP contribution in [0.25, 0.3) is 0 Å². The lowest BCUT2D eigenvalue weighted by Gasteiger charge is -2.47. The molecular formula is C20H19F3IN3O4. The van der Waals surface area contributed by atoms with Crippen molar-refractivity contribution in [3.05, 3.63) is 56.9 Å². The van der Waals surface area contributed by atoms with E-state index in [1.54, 1.807) is 6.07 Å². The largest absolute Gasteiger partial charge is 0.480 e. The van der Waals surface area contributed by atoms with Crippen molar-refractivity contribution >= 4 is 45.8 Å². The van der Waals surface area contributed by atoms with Crippen molar-refractivity contribution in [1.29, 1.82) is 0 Å². The minimum absolute atomic E-state index is 0.0209. The highest BCUT2D eigenvalue weighted by molar-refractivity contribution is 14.1. The number of hydrogen-bond acceptors (Lipinski definition) is 5. The molecule has 0 bridgehead atoms. The number of aliphatic carboxylic acids is 1. The molecule has 4 N–H and O–H groups in total. The SMILES string of the molecule is C[C@@H](NCC1(O)CN(C(=O)c2c(Nc3ccc(I)cc3F)ccc(F)c2F)C1)C(=O)O. The Morgan fingerprint density at radius 2 is 1.81 bits per heavy atom. The summed E-state index contributed by atoms with van der Waals surface area (Å²) in [4.78, 5) is 24.8. The summed E-state index contributed by atoms with van der Waals surface area (Å²) < 4.78 is 43.2. The van der Waals surface area contributed by atoms with Gasteiger partial charge in [-0.2, -0.15) is 0 Å². The Balaban J connectivity index is 1.78. The number of likely N-dealkylation sites (tertiary alicyclic amines) is 1. The predicted octanol–water partition coefficient (Wildman–Crippen LogP) is 2.70. The first-order chi connectivity index (χ1) is 14.5. The van der Waals surface area contributed by atoms with E-state index in [4.69, 9.17) is 5.11 Å². The third-order valence-electron chi connectivity index (χ3n) is 4.87. The van der Waals surface area contributed by atoms with Crippen LogP contribution in [-0.4, -0.2) is 58.3 Å². The second-order valence-electron chi connectivity index (χ2n) is 7.36. The van der Waals surface area contributed by atoms with Crippen LogP contribution in [0.2, 0.25) is 0 Å². The topological polar surface area (TPSA) is 102 Å². The monoisotopic (exact) mass is 549 g/mol. The number of amides is 1. The number of carboxylic acid groups (broad SMARTS) is 1. The number of anilines is 2. The van der Waals surface area contributed by atoms with Crippen molar-refractivity contribution in [3.63, 3.8) is 0 Å². The van der Waals surface area contributed by atoms with Crippen LogP contribution in [-0.2, 0) is 4.79 Å². The van der Waals surface area contributed by atoms with Crippen molar-refractivity contribution in [1.82, 2.24) is 10.2 Å². The fourth-order valence-electron chi connectivity index (χ4n) is 3.11. The second-order valence-corrected chi connectivity index (χ2v) is 8.61. The fourth-order valence-corrected chi connectivity index (χ4v) is 3.56. The number of nitrogens with one attached hydrogen (secondary N) is 2. The lowest BCUT2D eigenvalue weighted by atomic mass is 9.92. The molecule has 11 heteroatoms. The molecule has 0 saturated carbocycles. The summed E-state index contributed by atoms with van der Waals surface area (Å²) in [6, 6.07) is 5.30. The number of benzene rings is 2. The van der Waals surface area contributed by atoms with Crippen LogP contribution < -0.4 is 10.6 Å². The molecule has 1 aliphatic heterocycles. The van der Waals surface area contributed by atoms with Crippen LogP contribution in [0, 0.1) is 21.0 Å². The van der Waals surface area contributed by atoms with E-state index in [1.165, 1.54) is 19.1 Å². The zero-order chi connectivity index (χ0) is 22.9. The first-order valence-electron chi connectivity index (χ1n) is 9.19. The summed E-state index contributed by atoms with van der Waals surface area (Å²) in [5.41, 5.74) is -2.17. The molecular weight excluding hydrogens is 530 g/mol. The maximum Gasteiger partial charge on any atom is 0.320 e. The average Bonchev–Trinajstić information content (AvgIpc) is 2.68. The zero-order valence-electron chi connectivity index (χ0n) is 16.3. The standard InChI is InChI=1S/C20H19F3IN3O4/c1-10(19(29)30)25-7-20(31)8-27(9-20)18(28)16-15(5-3-12(21)17(16)23)26-14-4-2-11(24)6-13(14)22/h2-6,10,25-26,31H,7-9H2,1H3,(H,29,30)/t10-/m1/s1. The molecule has 1 amide bonds. The van der Waals surface area contributed by atoms with Gasteiger partial charge in [0.25, 0.3) is 5.91 Å². The van der Waals surface area contributed by atoms with Crippen LogP contribution >= 0.6 is 22.6 Å². The molecule has 1 fully saturated rings. The van der Waals surface area contributed by atoms with E-state index in [-0.39, 0.29) is 31.0 Å². The molecule has 1 atom stereocenters.